The standard InChI is InChI=1S/C9H8F3N3S2/c10-9(11,12)17-4-2-13-8-14-5-6-1-3-16-7(6)15-8/h1,3,5H,2,4H2,(H,13,14,15). The van der Waals surface area contributed by atoms with Crippen LogP contribution < -0.4 is 5.32 Å². The second-order valence-corrected chi connectivity index (χ2v) is 5.15. The van der Waals surface area contributed by atoms with Gasteiger partial charge in [-0.1, -0.05) is 0 Å². The molecule has 0 radical (unpaired) electrons. The van der Waals surface area contributed by atoms with Crippen LogP contribution in [0.5, 0.6) is 0 Å². The van der Waals surface area contributed by atoms with Gasteiger partial charge in [0, 0.05) is 23.9 Å². The molecule has 1 N–H and O–H groups in total. The summed E-state index contributed by atoms with van der Waals surface area (Å²) in [5.74, 6) is 0.303. The van der Waals surface area contributed by atoms with Gasteiger partial charge < -0.3 is 5.32 Å². The second kappa shape index (κ2) is 5.09. The summed E-state index contributed by atoms with van der Waals surface area (Å²) in [5, 5.41) is 5.59. The molecule has 2 heterocycles. The van der Waals surface area contributed by atoms with Crippen molar-refractivity contribution in [1.82, 2.24) is 9.97 Å². The first kappa shape index (κ1) is 12.4. The van der Waals surface area contributed by atoms with Gasteiger partial charge in [-0.15, -0.1) is 11.3 Å². The number of thioether (sulfide) groups is 1. The summed E-state index contributed by atoms with van der Waals surface area (Å²) < 4.78 is 35.6. The number of nitrogens with zero attached hydrogens (tertiary/aromatic N) is 2. The Kier molecular flexibility index (Phi) is 3.72. The molecule has 17 heavy (non-hydrogen) atoms. The summed E-state index contributed by atoms with van der Waals surface area (Å²) in [6.45, 7) is 0.182. The van der Waals surface area contributed by atoms with Crippen molar-refractivity contribution < 1.29 is 13.2 Å². The zero-order chi connectivity index (χ0) is 12.3. The van der Waals surface area contributed by atoms with Crippen LogP contribution in [0, 0.1) is 0 Å². The largest absolute Gasteiger partial charge is 0.441 e. The van der Waals surface area contributed by atoms with Crippen LogP contribution in [0.4, 0.5) is 19.1 Å². The van der Waals surface area contributed by atoms with Crippen molar-refractivity contribution >= 4 is 39.3 Å². The predicted octanol–water partition coefficient (Wildman–Crippen LogP) is 3.36. The topological polar surface area (TPSA) is 37.8 Å². The molecule has 0 aromatic carbocycles. The SMILES string of the molecule is FC(F)(F)SCCNc1ncc2ccsc2n1. The highest BCUT2D eigenvalue weighted by atomic mass is 32.2. The fourth-order valence-corrected chi connectivity index (χ4v) is 2.35. The third-order valence-corrected chi connectivity index (χ3v) is 3.42. The second-order valence-electron chi connectivity index (χ2n) is 3.10. The molecular weight excluding hydrogens is 271 g/mol. The molecule has 0 bridgehead atoms. The third kappa shape index (κ3) is 3.74. The number of thiophene rings is 1. The Morgan fingerprint density at radius 1 is 1.41 bits per heavy atom. The molecule has 0 saturated carbocycles. The first-order chi connectivity index (χ1) is 8.04. The van der Waals surface area contributed by atoms with Gasteiger partial charge in [-0.25, -0.2) is 9.97 Å². The molecule has 0 aliphatic carbocycles. The van der Waals surface area contributed by atoms with Crippen molar-refractivity contribution in [2.75, 3.05) is 17.6 Å². The number of fused-ring (bicyclic) bond motifs is 1. The summed E-state index contributed by atoms with van der Waals surface area (Å²) in [6.07, 6.45) is 1.65. The maximum Gasteiger partial charge on any atom is 0.441 e. The minimum Gasteiger partial charge on any atom is -0.353 e. The zero-order valence-electron chi connectivity index (χ0n) is 8.49. The van der Waals surface area contributed by atoms with Gasteiger partial charge in [0.05, 0.1) is 0 Å². The fraction of sp³-hybridized carbons (Fsp3) is 0.333. The van der Waals surface area contributed by atoms with Gasteiger partial charge in [0.25, 0.3) is 0 Å². The first-order valence-electron chi connectivity index (χ1n) is 4.69. The van der Waals surface area contributed by atoms with Crippen molar-refractivity contribution in [3.05, 3.63) is 17.6 Å². The fourth-order valence-electron chi connectivity index (χ4n) is 1.17. The lowest BCUT2D eigenvalue weighted by Gasteiger charge is -2.06. The van der Waals surface area contributed by atoms with E-state index < -0.39 is 5.51 Å². The minimum absolute atomic E-state index is 0.0573. The van der Waals surface area contributed by atoms with Gasteiger partial charge in [0.2, 0.25) is 5.95 Å². The van der Waals surface area contributed by atoms with Crippen LogP contribution in [0.3, 0.4) is 0 Å². The van der Waals surface area contributed by atoms with Crippen molar-refractivity contribution in [2.24, 2.45) is 0 Å². The van der Waals surface area contributed by atoms with Gasteiger partial charge in [0.15, 0.2) is 0 Å². The Labute approximate surface area is 103 Å². The van der Waals surface area contributed by atoms with Crippen LogP contribution in [-0.2, 0) is 0 Å². The number of hydrogen-bond acceptors (Lipinski definition) is 5. The van der Waals surface area contributed by atoms with Crippen LogP contribution in [0.1, 0.15) is 0 Å². The number of rotatable bonds is 4. The quantitative estimate of drug-likeness (QED) is 0.871. The summed E-state index contributed by atoms with van der Waals surface area (Å²) in [7, 11) is 0. The van der Waals surface area contributed by atoms with E-state index in [0.29, 0.717) is 5.95 Å². The first-order valence-corrected chi connectivity index (χ1v) is 6.56. The van der Waals surface area contributed by atoms with Gasteiger partial charge in [-0.2, -0.15) is 13.2 Å². The molecule has 0 aliphatic heterocycles. The average molecular weight is 279 g/mol. The van der Waals surface area contributed by atoms with Gasteiger partial charge >= 0.3 is 5.51 Å². The summed E-state index contributed by atoms with van der Waals surface area (Å²) in [6, 6.07) is 1.89. The maximum absolute atomic E-state index is 11.9. The number of anilines is 1. The maximum atomic E-state index is 11.9. The van der Waals surface area contributed by atoms with Crippen LogP contribution in [-0.4, -0.2) is 27.8 Å². The molecule has 0 fully saturated rings. The van der Waals surface area contributed by atoms with Crippen LogP contribution in [0.15, 0.2) is 17.6 Å². The van der Waals surface area contributed by atoms with Gasteiger partial charge in [-0.3, -0.25) is 0 Å². The average Bonchev–Trinajstić information content (AvgIpc) is 2.70. The van der Waals surface area contributed by atoms with Crippen LogP contribution in [0.2, 0.25) is 0 Å². The molecule has 0 atom stereocenters. The van der Waals surface area contributed by atoms with Crippen molar-refractivity contribution in [3.63, 3.8) is 0 Å². The van der Waals surface area contributed by atoms with E-state index in [1.54, 1.807) is 6.20 Å². The van der Waals surface area contributed by atoms with E-state index in [4.69, 9.17) is 0 Å². The molecule has 92 valence electrons. The van der Waals surface area contributed by atoms with Crippen molar-refractivity contribution in [1.29, 1.82) is 0 Å². The molecule has 2 aromatic heterocycles. The van der Waals surface area contributed by atoms with E-state index in [1.165, 1.54) is 11.3 Å². The smallest absolute Gasteiger partial charge is 0.353 e. The van der Waals surface area contributed by atoms with E-state index in [-0.39, 0.29) is 24.1 Å². The predicted molar refractivity (Wildman–Crippen MR) is 64.4 cm³/mol. The molecule has 0 aliphatic rings. The molecule has 2 aromatic rings. The van der Waals surface area contributed by atoms with Crippen molar-refractivity contribution in [3.8, 4) is 0 Å². The van der Waals surface area contributed by atoms with Gasteiger partial charge in [-0.05, 0) is 23.2 Å². The number of alkyl halides is 3. The lowest BCUT2D eigenvalue weighted by molar-refractivity contribution is -0.0327. The monoisotopic (exact) mass is 279 g/mol. The Bertz CT molecular complexity index is 497. The van der Waals surface area contributed by atoms with E-state index in [9.17, 15) is 13.2 Å². The Hall–Kier alpha value is -1.02. The minimum atomic E-state index is -4.18. The number of hydrogen-bond donors (Lipinski definition) is 1. The Morgan fingerprint density at radius 2 is 2.24 bits per heavy atom. The summed E-state index contributed by atoms with van der Waals surface area (Å²) in [5.41, 5.74) is -4.18. The normalized spacial score (nSPS) is 11.9. The highest BCUT2D eigenvalue weighted by Crippen LogP contribution is 2.29. The van der Waals surface area contributed by atoms with Crippen LogP contribution >= 0.6 is 23.1 Å². The van der Waals surface area contributed by atoms with E-state index in [1.807, 2.05) is 11.4 Å². The molecule has 0 amide bonds. The molecule has 2 rings (SSSR count). The summed E-state index contributed by atoms with van der Waals surface area (Å²) in [4.78, 5) is 9.01. The van der Waals surface area contributed by atoms with Gasteiger partial charge in [0.1, 0.15) is 4.83 Å². The van der Waals surface area contributed by atoms with E-state index in [0.717, 1.165) is 10.2 Å². The van der Waals surface area contributed by atoms with E-state index in [2.05, 4.69) is 15.3 Å². The Balaban J connectivity index is 1.86. The molecule has 8 heteroatoms. The highest BCUT2D eigenvalue weighted by molar-refractivity contribution is 8.00. The lowest BCUT2D eigenvalue weighted by atomic mass is 10.4. The molecule has 0 spiro atoms. The molecule has 0 unspecified atom stereocenters. The zero-order valence-corrected chi connectivity index (χ0v) is 10.1. The number of halogens is 3. The molecule has 0 saturated heterocycles. The highest BCUT2D eigenvalue weighted by Gasteiger charge is 2.27. The summed E-state index contributed by atoms with van der Waals surface area (Å²) >= 11 is 1.41. The molecule has 3 nitrogen and oxygen atoms in total. The van der Waals surface area contributed by atoms with Crippen molar-refractivity contribution in [2.45, 2.75) is 5.51 Å². The molecular formula is C9H8F3N3S2. The van der Waals surface area contributed by atoms with E-state index >= 15 is 0 Å². The Morgan fingerprint density at radius 3 is 3.00 bits per heavy atom. The number of nitrogens with one attached hydrogen (secondary N) is 1. The number of aromatic nitrogens is 2. The lowest BCUT2D eigenvalue weighted by Crippen LogP contribution is -2.11. The third-order valence-electron chi connectivity index (χ3n) is 1.86. The van der Waals surface area contributed by atoms with Crippen LogP contribution in [0.25, 0.3) is 10.2 Å².